The van der Waals surface area contributed by atoms with E-state index in [1.807, 2.05) is 38.3 Å². The fraction of sp³-hybridized carbons (Fsp3) is 0.615. The van der Waals surface area contributed by atoms with Gasteiger partial charge in [-0.05, 0) is 45.1 Å². The highest BCUT2D eigenvalue weighted by atomic mass is 32.1. The number of hydrogen-bond donors (Lipinski definition) is 2. The van der Waals surface area contributed by atoms with Crippen molar-refractivity contribution >= 4 is 17.4 Å². The molecule has 5 heteroatoms. The molecule has 4 nitrogen and oxygen atoms in total. The first-order chi connectivity index (χ1) is 8.42. The third-order valence-corrected chi connectivity index (χ3v) is 3.21. The third-order valence-electron chi connectivity index (χ3n) is 2.23. The molecule has 0 aromatic carbocycles. The van der Waals surface area contributed by atoms with E-state index in [-0.39, 0.29) is 12.6 Å². The second-order valence-corrected chi connectivity index (χ2v) is 6.06. The minimum absolute atomic E-state index is 0.0907. The first-order valence-electron chi connectivity index (χ1n) is 6.06. The molecule has 0 saturated heterocycles. The van der Waals surface area contributed by atoms with E-state index >= 15 is 0 Å². The third kappa shape index (κ3) is 5.51. The van der Waals surface area contributed by atoms with Crippen molar-refractivity contribution in [2.75, 3.05) is 6.61 Å². The summed E-state index contributed by atoms with van der Waals surface area (Å²) in [6, 6.07) is 3.83. The van der Waals surface area contributed by atoms with E-state index in [1.54, 1.807) is 11.3 Å². The Hall–Kier alpha value is -1.07. The molecule has 0 aliphatic heterocycles. The van der Waals surface area contributed by atoms with Crippen LogP contribution in [-0.2, 0) is 4.74 Å². The van der Waals surface area contributed by atoms with Crippen LogP contribution >= 0.6 is 11.3 Å². The van der Waals surface area contributed by atoms with Gasteiger partial charge in [0.2, 0.25) is 0 Å². The van der Waals surface area contributed by atoms with E-state index in [0.717, 1.165) is 4.88 Å². The number of aliphatic hydroxyl groups is 1. The second-order valence-electron chi connectivity index (χ2n) is 5.08. The highest BCUT2D eigenvalue weighted by Crippen LogP contribution is 2.23. The Balaban J connectivity index is 2.59. The predicted octanol–water partition coefficient (Wildman–Crippen LogP) is 3.09. The molecule has 0 bridgehead atoms. The maximum Gasteiger partial charge on any atom is 0.408 e. The highest BCUT2D eigenvalue weighted by Gasteiger charge is 2.20. The summed E-state index contributed by atoms with van der Waals surface area (Å²) < 4.78 is 5.24. The first-order valence-corrected chi connectivity index (χ1v) is 6.94. The molecular weight excluding hydrogens is 250 g/mol. The number of amides is 1. The summed E-state index contributed by atoms with van der Waals surface area (Å²) in [6.07, 6.45) is 0.938. The second kappa shape index (κ2) is 6.75. The number of rotatable bonds is 5. The van der Waals surface area contributed by atoms with Crippen LogP contribution in [-0.4, -0.2) is 23.4 Å². The van der Waals surface area contributed by atoms with Crippen molar-refractivity contribution in [2.45, 2.75) is 45.3 Å². The molecule has 1 aromatic heterocycles. The van der Waals surface area contributed by atoms with Gasteiger partial charge in [0.05, 0.1) is 6.04 Å². The molecule has 1 amide bonds. The van der Waals surface area contributed by atoms with Gasteiger partial charge in [-0.15, -0.1) is 11.3 Å². The lowest BCUT2D eigenvalue weighted by Gasteiger charge is -2.23. The van der Waals surface area contributed by atoms with E-state index < -0.39 is 11.7 Å². The summed E-state index contributed by atoms with van der Waals surface area (Å²) in [6.45, 7) is 5.62. The zero-order valence-electron chi connectivity index (χ0n) is 11.1. The number of carbonyl (C=O) groups is 1. The van der Waals surface area contributed by atoms with Gasteiger partial charge in [-0.2, -0.15) is 0 Å². The Morgan fingerprint density at radius 2 is 2.28 bits per heavy atom. The van der Waals surface area contributed by atoms with Gasteiger partial charge in [0, 0.05) is 11.5 Å². The lowest BCUT2D eigenvalue weighted by molar-refractivity contribution is 0.0499. The van der Waals surface area contributed by atoms with Crippen LogP contribution < -0.4 is 5.32 Å². The van der Waals surface area contributed by atoms with Crippen LogP contribution in [0.15, 0.2) is 17.5 Å². The molecule has 102 valence electrons. The fourth-order valence-electron chi connectivity index (χ4n) is 1.52. The van der Waals surface area contributed by atoms with Crippen molar-refractivity contribution in [1.82, 2.24) is 5.32 Å². The molecular formula is C13H21NO3S. The summed E-state index contributed by atoms with van der Waals surface area (Å²) in [4.78, 5) is 12.8. The molecule has 0 spiro atoms. The van der Waals surface area contributed by atoms with E-state index in [0.29, 0.717) is 12.8 Å². The van der Waals surface area contributed by atoms with Crippen LogP contribution in [0, 0.1) is 0 Å². The van der Waals surface area contributed by atoms with Gasteiger partial charge in [-0.3, -0.25) is 0 Å². The molecule has 1 rings (SSSR count). The normalized spacial score (nSPS) is 13.1. The summed E-state index contributed by atoms with van der Waals surface area (Å²) >= 11 is 1.59. The highest BCUT2D eigenvalue weighted by molar-refractivity contribution is 7.10. The monoisotopic (exact) mass is 271 g/mol. The Labute approximate surface area is 112 Å². The van der Waals surface area contributed by atoms with Crippen molar-refractivity contribution in [3.63, 3.8) is 0 Å². The molecule has 1 heterocycles. The Bertz CT molecular complexity index is 357. The van der Waals surface area contributed by atoms with Crippen LogP contribution in [0.2, 0.25) is 0 Å². The zero-order chi connectivity index (χ0) is 13.6. The lowest BCUT2D eigenvalue weighted by atomic mass is 10.1. The SMILES string of the molecule is CC(C)(C)OC(=O)N[C@@H](CCCO)c1cccs1. The topological polar surface area (TPSA) is 58.6 Å². The van der Waals surface area contributed by atoms with E-state index in [1.165, 1.54) is 0 Å². The van der Waals surface area contributed by atoms with Crippen molar-refractivity contribution < 1.29 is 14.6 Å². The van der Waals surface area contributed by atoms with Gasteiger partial charge >= 0.3 is 6.09 Å². The van der Waals surface area contributed by atoms with Crippen LogP contribution in [0.1, 0.15) is 44.5 Å². The van der Waals surface area contributed by atoms with Crippen molar-refractivity contribution in [2.24, 2.45) is 0 Å². The van der Waals surface area contributed by atoms with E-state index in [4.69, 9.17) is 9.84 Å². The number of ether oxygens (including phenoxy) is 1. The minimum Gasteiger partial charge on any atom is -0.444 e. The summed E-state index contributed by atoms with van der Waals surface area (Å²) in [5.74, 6) is 0. The standard InChI is InChI=1S/C13H21NO3S/c1-13(2,3)17-12(16)14-10(6-4-8-15)11-7-5-9-18-11/h5,7,9-10,15H,4,6,8H2,1-3H3,(H,14,16)/t10-/m0/s1. The smallest absolute Gasteiger partial charge is 0.408 e. The van der Waals surface area contributed by atoms with Crippen molar-refractivity contribution in [1.29, 1.82) is 0 Å². The maximum atomic E-state index is 11.7. The van der Waals surface area contributed by atoms with Crippen LogP contribution in [0.5, 0.6) is 0 Å². The Kier molecular flexibility index (Phi) is 5.62. The molecule has 1 aromatic rings. The van der Waals surface area contributed by atoms with Gasteiger partial charge < -0.3 is 15.2 Å². The fourth-order valence-corrected chi connectivity index (χ4v) is 2.33. The predicted molar refractivity (Wildman–Crippen MR) is 72.7 cm³/mol. The summed E-state index contributed by atoms with van der Waals surface area (Å²) in [5, 5.41) is 13.7. The van der Waals surface area contributed by atoms with E-state index in [2.05, 4.69) is 5.32 Å². The molecule has 0 radical (unpaired) electrons. The van der Waals surface area contributed by atoms with Crippen molar-refractivity contribution in [3.05, 3.63) is 22.4 Å². The molecule has 0 saturated carbocycles. The largest absolute Gasteiger partial charge is 0.444 e. The summed E-state index contributed by atoms with van der Waals surface area (Å²) in [7, 11) is 0. The number of nitrogens with one attached hydrogen (secondary N) is 1. The Morgan fingerprint density at radius 3 is 2.78 bits per heavy atom. The number of aliphatic hydroxyl groups excluding tert-OH is 1. The maximum absolute atomic E-state index is 11.7. The number of thiophene rings is 1. The molecule has 1 atom stereocenters. The van der Waals surface area contributed by atoms with Gasteiger partial charge in [0.1, 0.15) is 5.60 Å². The number of hydrogen-bond acceptors (Lipinski definition) is 4. The van der Waals surface area contributed by atoms with Crippen LogP contribution in [0.25, 0.3) is 0 Å². The summed E-state index contributed by atoms with van der Waals surface area (Å²) in [5.41, 5.74) is -0.499. The minimum atomic E-state index is -0.499. The van der Waals surface area contributed by atoms with Gasteiger partial charge in [0.25, 0.3) is 0 Å². The zero-order valence-corrected chi connectivity index (χ0v) is 11.9. The number of alkyl carbamates (subject to hydrolysis) is 1. The van der Waals surface area contributed by atoms with Gasteiger partial charge in [-0.1, -0.05) is 6.07 Å². The van der Waals surface area contributed by atoms with Gasteiger partial charge in [0.15, 0.2) is 0 Å². The lowest BCUT2D eigenvalue weighted by Crippen LogP contribution is -2.34. The average molecular weight is 271 g/mol. The Morgan fingerprint density at radius 1 is 1.56 bits per heavy atom. The first kappa shape index (κ1) is 15.0. The quantitative estimate of drug-likeness (QED) is 0.865. The molecule has 0 aliphatic rings. The van der Waals surface area contributed by atoms with Crippen LogP contribution in [0.3, 0.4) is 0 Å². The molecule has 0 aliphatic carbocycles. The number of carbonyl (C=O) groups excluding carboxylic acids is 1. The molecule has 0 fully saturated rings. The molecule has 18 heavy (non-hydrogen) atoms. The average Bonchev–Trinajstić information content (AvgIpc) is 2.74. The molecule has 2 N–H and O–H groups in total. The molecule has 0 unspecified atom stereocenters. The van der Waals surface area contributed by atoms with Crippen LogP contribution in [0.4, 0.5) is 4.79 Å². The van der Waals surface area contributed by atoms with E-state index in [9.17, 15) is 4.79 Å². The van der Waals surface area contributed by atoms with Gasteiger partial charge in [-0.25, -0.2) is 4.79 Å². The van der Waals surface area contributed by atoms with Crippen molar-refractivity contribution in [3.8, 4) is 0 Å².